The summed E-state index contributed by atoms with van der Waals surface area (Å²) >= 11 is 0. The zero-order chi connectivity index (χ0) is 17.8. The Morgan fingerprint density at radius 3 is 2.68 bits per heavy atom. The minimum atomic E-state index is -0.874. The molecule has 25 heavy (non-hydrogen) atoms. The van der Waals surface area contributed by atoms with Crippen LogP contribution in [0.15, 0.2) is 12.3 Å². The van der Waals surface area contributed by atoms with Crippen LogP contribution in [0.3, 0.4) is 0 Å². The maximum absolute atomic E-state index is 12.3. The molecule has 2 saturated heterocycles. The van der Waals surface area contributed by atoms with Gasteiger partial charge in [0.2, 0.25) is 5.91 Å². The fourth-order valence-electron chi connectivity index (χ4n) is 3.59. The molecule has 2 aliphatic rings. The fourth-order valence-corrected chi connectivity index (χ4v) is 3.59. The Labute approximate surface area is 146 Å². The molecule has 2 fully saturated rings. The quantitative estimate of drug-likeness (QED) is 0.815. The highest BCUT2D eigenvalue weighted by atomic mass is 16.5. The van der Waals surface area contributed by atoms with Crippen molar-refractivity contribution in [3.63, 3.8) is 0 Å². The van der Waals surface area contributed by atoms with Crippen LogP contribution in [0.5, 0.6) is 0 Å². The maximum atomic E-state index is 12.3. The largest absolute Gasteiger partial charge is 0.479 e. The van der Waals surface area contributed by atoms with Gasteiger partial charge in [-0.15, -0.1) is 0 Å². The Hall–Kier alpha value is -1.93. The third-order valence-electron chi connectivity index (χ3n) is 5.14. The predicted octanol–water partition coefficient (Wildman–Crippen LogP) is 0.807. The number of hydrogen-bond donors (Lipinski definition) is 1. The molecule has 3 rings (SSSR count). The molecule has 1 N–H and O–H groups in total. The zero-order valence-electron chi connectivity index (χ0n) is 14.5. The first-order valence-corrected chi connectivity index (χ1v) is 8.75. The molecule has 1 amide bonds. The molecule has 0 aromatic carbocycles. The predicted molar refractivity (Wildman–Crippen MR) is 87.7 cm³/mol. The number of likely N-dealkylation sites (tertiary alicyclic amines) is 1. The highest BCUT2D eigenvalue weighted by molar-refractivity contribution is 5.77. The summed E-state index contributed by atoms with van der Waals surface area (Å²) < 4.78 is 12.9. The Morgan fingerprint density at radius 1 is 1.32 bits per heavy atom. The highest BCUT2D eigenvalue weighted by Crippen LogP contribution is 2.31. The van der Waals surface area contributed by atoms with E-state index < -0.39 is 12.1 Å². The number of nitrogens with zero attached hydrogens (tertiary/aromatic N) is 3. The van der Waals surface area contributed by atoms with Crippen molar-refractivity contribution < 1.29 is 24.2 Å². The number of aromatic nitrogens is 2. The number of hydrogen-bond acceptors (Lipinski definition) is 5. The van der Waals surface area contributed by atoms with Gasteiger partial charge in [-0.2, -0.15) is 5.10 Å². The monoisotopic (exact) mass is 351 g/mol. The van der Waals surface area contributed by atoms with Crippen molar-refractivity contribution in [2.24, 2.45) is 13.0 Å². The van der Waals surface area contributed by atoms with Crippen molar-refractivity contribution in [3.8, 4) is 0 Å². The number of aliphatic carboxylic acids is 1. The number of rotatable bonds is 6. The van der Waals surface area contributed by atoms with Crippen LogP contribution in [-0.2, 0) is 32.7 Å². The van der Waals surface area contributed by atoms with E-state index in [4.69, 9.17) is 14.6 Å². The summed E-state index contributed by atoms with van der Waals surface area (Å²) in [5.41, 5.74) is 0.929. The lowest BCUT2D eigenvalue weighted by Gasteiger charge is -2.34. The lowest BCUT2D eigenvalue weighted by Crippen LogP contribution is -2.42. The van der Waals surface area contributed by atoms with Gasteiger partial charge in [-0.3, -0.25) is 9.48 Å². The van der Waals surface area contributed by atoms with E-state index in [0.29, 0.717) is 32.0 Å². The normalized spacial score (nSPS) is 24.6. The first kappa shape index (κ1) is 17.9. The van der Waals surface area contributed by atoms with Gasteiger partial charge in [0.15, 0.2) is 6.10 Å². The number of carbonyl (C=O) groups excluding carboxylic acids is 1. The SMILES string of the molecule is Cn1nccc1COCC(=O)N1CCC([C@@H]2CC[C@H](C(=O)O)O2)CC1. The molecule has 0 radical (unpaired) electrons. The van der Waals surface area contributed by atoms with Crippen molar-refractivity contribution in [2.75, 3.05) is 19.7 Å². The molecule has 8 heteroatoms. The zero-order valence-corrected chi connectivity index (χ0v) is 14.5. The number of ether oxygens (including phenoxy) is 2. The van der Waals surface area contributed by atoms with Gasteiger partial charge in [-0.25, -0.2) is 4.79 Å². The van der Waals surface area contributed by atoms with Crippen LogP contribution >= 0.6 is 0 Å². The van der Waals surface area contributed by atoms with Gasteiger partial charge < -0.3 is 19.5 Å². The average Bonchev–Trinajstić information content (AvgIpc) is 3.25. The minimum Gasteiger partial charge on any atom is -0.479 e. The average molecular weight is 351 g/mol. The molecular weight excluding hydrogens is 326 g/mol. The van der Waals surface area contributed by atoms with E-state index in [2.05, 4.69) is 5.10 Å². The van der Waals surface area contributed by atoms with Crippen LogP contribution in [0.4, 0.5) is 0 Å². The minimum absolute atomic E-state index is 0.00336. The Bertz CT molecular complexity index is 609. The van der Waals surface area contributed by atoms with Crippen molar-refractivity contribution in [1.82, 2.24) is 14.7 Å². The van der Waals surface area contributed by atoms with Gasteiger partial charge >= 0.3 is 5.97 Å². The third-order valence-corrected chi connectivity index (χ3v) is 5.14. The number of carboxylic acid groups (broad SMARTS) is 1. The van der Waals surface area contributed by atoms with Crippen LogP contribution < -0.4 is 0 Å². The molecular formula is C17H25N3O5. The van der Waals surface area contributed by atoms with E-state index in [1.54, 1.807) is 10.9 Å². The molecule has 138 valence electrons. The molecule has 2 aliphatic heterocycles. The molecule has 0 saturated carbocycles. The molecule has 2 atom stereocenters. The van der Waals surface area contributed by atoms with Crippen LogP contribution in [0.2, 0.25) is 0 Å². The third kappa shape index (κ3) is 4.38. The molecule has 0 aliphatic carbocycles. The van der Waals surface area contributed by atoms with E-state index in [0.717, 1.165) is 25.0 Å². The van der Waals surface area contributed by atoms with Crippen molar-refractivity contribution in [3.05, 3.63) is 18.0 Å². The fraction of sp³-hybridized carbons (Fsp3) is 0.706. The first-order chi connectivity index (χ1) is 12.0. The van der Waals surface area contributed by atoms with Gasteiger partial charge in [0.05, 0.1) is 18.4 Å². The van der Waals surface area contributed by atoms with Gasteiger partial charge in [-0.05, 0) is 37.7 Å². The van der Waals surface area contributed by atoms with Crippen LogP contribution in [-0.4, -0.2) is 63.6 Å². The van der Waals surface area contributed by atoms with Gasteiger partial charge in [-0.1, -0.05) is 0 Å². The molecule has 0 unspecified atom stereocenters. The van der Waals surface area contributed by atoms with E-state index in [9.17, 15) is 9.59 Å². The highest BCUT2D eigenvalue weighted by Gasteiger charge is 2.37. The molecule has 0 spiro atoms. The number of amides is 1. The lowest BCUT2D eigenvalue weighted by atomic mass is 9.90. The van der Waals surface area contributed by atoms with Crippen molar-refractivity contribution in [2.45, 2.75) is 44.5 Å². The molecule has 1 aromatic heterocycles. The summed E-state index contributed by atoms with van der Waals surface area (Å²) in [6.45, 7) is 1.79. The van der Waals surface area contributed by atoms with Crippen LogP contribution in [0.25, 0.3) is 0 Å². The molecule has 3 heterocycles. The number of piperidine rings is 1. The van der Waals surface area contributed by atoms with E-state index in [1.165, 1.54) is 0 Å². The summed E-state index contributed by atoms with van der Waals surface area (Å²) in [6.07, 6.45) is 4.13. The second kappa shape index (κ2) is 7.97. The molecule has 0 bridgehead atoms. The Morgan fingerprint density at radius 2 is 2.08 bits per heavy atom. The van der Waals surface area contributed by atoms with Crippen LogP contribution in [0.1, 0.15) is 31.4 Å². The van der Waals surface area contributed by atoms with Gasteiger partial charge in [0.1, 0.15) is 6.61 Å². The number of carboxylic acids is 1. The summed E-state index contributed by atoms with van der Waals surface area (Å²) in [4.78, 5) is 25.1. The second-order valence-electron chi connectivity index (χ2n) is 6.74. The lowest BCUT2D eigenvalue weighted by molar-refractivity contribution is -0.151. The van der Waals surface area contributed by atoms with Gasteiger partial charge in [0.25, 0.3) is 0 Å². The number of carbonyl (C=O) groups is 2. The summed E-state index contributed by atoms with van der Waals surface area (Å²) in [7, 11) is 1.84. The number of aryl methyl sites for hydroxylation is 1. The summed E-state index contributed by atoms with van der Waals surface area (Å²) in [5.74, 6) is -0.541. The molecule has 1 aromatic rings. The van der Waals surface area contributed by atoms with Crippen molar-refractivity contribution >= 4 is 11.9 Å². The topological polar surface area (TPSA) is 93.9 Å². The summed E-state index contributed by atoms with van der Waals surface area (Å²) in [5, 5.41) is 13.1. The second-order valence-corrected chi connectivity index (χ2v) is 6.74. The van der Waals surface area contributed by atoms with Gasteiger partial charge in [0, 0.05) is 26.3 Å². The van der Waals surface area contributed by atoms with E-state index >= 15 is 0 Å². The van der Waals surface area contributed by atoms with Crippen molar-refractivity contribution in [1.29, 1.82) is 0 Å². The van der Waals surface area contributed by atoms with E-state index in [1.807, 2.05) is 18.0 Å². The Kier molecular flexibility index (Phi) is 5.70. The smallest absolute Gasteiger partial charge is 0.332 e. The van der Waals surface area contributed by atoms with Crippen LogP contribution in [0, 0.1) is 5.92 Å². The Balaban J connectivity index is 1.38. The first-order valence-electron chi connectivity index (χ1n) is 8.75. The maximum Gasteiger partial charge on any atom is 0.332 e. The van der Waals surface area contributed by atoms with E-state index in [-0.39, 0.29) is 18.6 Å². The standard InChI is InChI=1S/C17H25N3O5/c1-19-13(4-7-18-19)10-24-11-16(21)20-8-5-12(6-9-20)14-2-3-15(25-14)17(22)23/h4,7,12,14-15H,2-3,5-6,8-11H2,1H3,(H,22,23)/t14-,15+/m0/s1. The summed E-state index contributed by atoms with van der Waals surface area (Å²) in [6, 6.07) is 1.86. The molecule has 8 nitrogen and oxygen atoms in total.